The highest BCUT2D eigenvalue weighted by atomic mass is 15.2. The van der Waals surface area contributed by atoms with Crippen LogP contribution in [0.25, 0.3) is 71.6 Å². The van der Waals surface area contributed by atoms with Crippen molar-refractivity contribution in [3.05, 3.63) is 292 Å². The fraction of sp³-hybridized carbons (Fsp3) is 0.214. The van der Waals surface area contributed by atoms with Gasteiger partial charge in [-0.05, 0) is 234 Å². The summed E-state index contributed by atoms with van der Waals surface area (Å²) in [5, 5.41) is 5.15. The zero-order valence-electron chi connectivity index (χ0n) is 50.0. The molecule has 17 rings (SSSR count). The van der Waals surface area contributed by atoms with E-state index in [1.807, 2.05) is 0 Å². The average Bonchev–Trinajstić information content (AvgIpc) is 1.08. The van der Waals surface area contributed by atoms with Crippen LogP contribution in [0, 0.1) is 5.92 Å². The SMILES string of the molecule is CC1(C)c2ccccc2-c2ccc(-c3ccccc3-c3c4ccc(N5C6=C(CCC=C6)CCc6ccccc65)cc4c(C4=CC=CCC4c4ccc5c(c4)C(C)(C)c4ccccc4-5)c4ccc(N5c6ccccc6CCC6CCC=CC65)cc34)cc21. The van der Waals surface area contributed by atoms with Crippen LogP contribution in [0.5, 0.6) is 0 Å². The van der Waals surface area contributed by atoms with Gasteiger partial charge >= 0.3 is 0 Å². The predicted molar refractivity (Wildman–Crippen MR) is 363 cm³/mol. The van der Waals surface area contributed by atoms with Crippen LogP contribution in [-0.2, 0) is 23.7 Å². The highest BCUT2D eigenvalue weighted by molar-refractivity contribution is 6.22. The molecule has 0 bridgehead atoms. The second kappa shape index (κ2) is 19.8. The zero-order valence-corrected chi connectivity index (χ0v) is 50.0. The Bertz CT molecular complexity index is 4660. The van der Waals surface area contributed by atoms with Crippen molar-refractivity contribution in [2.45, 2.75) is 108 Å². The molecule has 0 radical (unpaired) electrons. The molecule has 0 spiro atoms. The predicted octanol–water partition coefficient (Wildman–Crippen LogP) is 22.2. The Hall–Kier alpha value is -8.98. The summed E-state index contributed by atoms with van der Waals surface area (Å²) < 4.78 is 0. The van der Waals surface area contributed by atoms with E-state index in [4.69, 9.17) is 0 Å². The number of aryl methyl sites for hydroxylation is 2. The average molecular weight is 1110 g/mol. The van der Waals surface area contributed by atoms with E-state index in [1.54, 1.807) is 5.57 Å². The maximum Gasteiger partial charge on any atom is 0.0550 e. The molecule has 0 saturated carbocycles. The molecular weight excluding hydrogens is 1040 g/mol. The molecule has 418 valence electrons. The molecule has 7 aliphatic rings. The third-order valence-electron chi connectivity index (χ3n) is 21.4. The number of nitrogens with zero attached hydrogens (tertiary/aromatic N) is 2. The molecule has 0 amide bonds. The van der Waals surface area contributed by atoms with Crippen LogP contribution >= 0.6 is 0 Å². The molecule has 10 aromatic carbocycles. The molecular formula is C84H72N2. The van der Waals surface area contributed by atoms with Gasteiger partial charge in [-0.2, -0.15) is 0 Å². The molecule has 0 saturated heterocycles. The van der Waals surface area contributed by atoms with Gasteiger partial charge in [0.2, 0.25) is 0 Å². The maximum absolute atomic E-state index is 2.74. The van der Waals surface area contributed by atoms with Crippen LogP contribution in [-0.4, -0.2) is 6.04 Å². The standard InChI is InChI=1S/C84H72N2/c1-83(2)73-31-15-13-27-63(73)65-45-41-57(49-75(65)83)61-25-9-11-29-67(61)81-69-47-43-60(86-79-35-19-7-23-55(79)39-40-56-24-8-20-36-80(56)86)52-72(69)82(68-30-12-10-26-62(68)58-42-46-66-64-28-14-16-32-74(64)84(3,4)76(66)50-58)70-48-44-59(51-71(70)81)85-77-33-17-5-21-53(77)37-38-54-22-6-18-34-78(54)85/h5,7,9-21,23,25,27-36,41-52,54,62,78H,6,8,22,24,26,37-40H2,1-4H3. The van der Waals surface area contributed by atoms with E-state index in [-0.39, 0.29) is 22.8 Å². The van der Waals surface area contributed by atoms with Gasteiger partial charge in [-0.25, -0.2) is 0 Å². The van der Waals surface area contributed by atoms with Crippen molar-refractivity contribution in [3.63, 3.8) is 0 Å². The van der Waals surface area contributed by atoms with Crippen molar-refractivity contribution in [2.24, 2.45) is 5.92 Å². The number of hydrogen-bond donors (Lipinski definition) is 0. The highest BCUT2D eigenvalue weighted by Crippen LogP contribution is 2.56. The lowest BCUT2D eigenvalue weighted by Gasteiger charge is -2.38. The lowest BCUT2D eigenvalue weighted by molar-refractivity contribution is 0.404. The Labute approximate surface area is 507 Å². The summed E-state index contributed by atoms with van der Waals surface area (Å²) >= 11 is 0. The summed E-state index contributed by atoms with van der Waals surface area (Å²) in [4.78, 5) is 5.36. The normalized spacial score (nSPS) is 20.0. The largest absolute Gasteiger partial charge is 0.334 e. The number of para-hydroxylation sites is 2. The van der Waals surface area contributed by atoms with Crippen molar-refractivity contribution in [1.82, 2.24) is 0 Å². The second-order valence-corrected chi connectivity index (χ2v) is 26.7. The van der Waals surface area contributed by atoms with Gasteiger partial charge in [-0.3, -0.25) is 0 Å². The van der Waals surface area contributed by atoms with E-state index < -0.39 is 0 Å². The Kier molecular flexibility index (Phi) is 11.8. The van der Waals surface area contributed by atoms with Gasteiger partial charge in [0.05, 0.1) is 6.04 Å². The minimum absolute atomic E-state index is 0.113. The van der Waals surface area contributed by atoms with Crippen LogP contribution in [0.2, 0.25) is 0 Å². The number of rotatable bonds is 6. The molecule has 0 aromatic heterocycles. The molecule has 3 unspecified atom stereocenters. The number of anilines is 4. The molecule has 86 heavy (non-hydrogen) atoms. The number of fused-ring (bicyclic) bond motifs is 11. The lowest BCUT2D eigenvalue weighted by atomic mass is 9.75. The highest BCUT2D eigenvalue weighted by Gasteiger charge is 2.39. The van der Waals surface area contributed by atoms with Gasteiger partial charge in [-0.15, -0.1) is 0 Å². The van der Waals surface area contributed by atoms with Crippen molar-refractivity contribution < 1.29 is 0 Å². The van der Waals surface area contributed by atoms with Crippen LogP contribution in [0.4, 0.5) is 22.7 Å². The molecule has 2 nitrogen and oxygen atoms in total. The first-order valence-electron chi connectivity index (χ1n) is 32.0. The van der Waals surface area contributed by atoms with Gasteiger partial charge in [-0.1, -0.05) is 216 Å². The summed E-state index contributed by atoms with van der Waals surface area (Å²) in [6.07, 6.45) is 26.9. The summed E-state index contributed by atoms with van der Waals surface area (Å²) in [5.41, 5.74) is 30.8. The fourth-order valence-corrected chi connectivity index (χ4v) is 17.1. The minimum Gasteiger partial charge on any atom is -0.334 e. The molecule has 2 heteroatoms. The Morgan fingerprint density at radius 1 is 0.442 bits per heavy atom. The van der Waals surface area contributed by atoms with Gasteiger partial charge in [0.1, 0.15) is 0 Å². The quantitative estimate of drug-likeness (QED) is 0.121. The summed E-state index contributed by atoms with van der Waals surface area (Å²) in [7, 11) is 0. The van der Waals surface area contributed by atoms with Gasteiger partial charge in [0, 0.05) is 45.2 Å². The zero-order chi connectivity index (χ0) is 57.4. The summed E-state index contributed by atoms with van der Waals surface area (Å²) in [5.74, 6) is 0.685. The summed E-state index contributed by atoms with van der Waals surface area (Å²) in [6.45, 7) is 9.68. The van der Waals surface area contributed by atoms with Crippen molar-refractivity contribution in [3.8, 4) is 44.5 Å². The van der Waals surface area contributed by atoms with Crippen LogP contribution in [0.15, 0.2) is 248 Å². The van der Waals surface area contributed by atoms with Crippen molar-refractivity contribution in [2.75, 3.05) is 9.80 Å². The Balaban J connectivity index is 0.965. The van der Waals surface area contributed by atoms with Crippen LogP contribution in [0.3, 0.4) is 0 Å². The first kappa shape index (κ1) is 51.4. The van der Waals surface area contributed by atoms with E-state index in [9.17, 15) is 0 Å². The van der Waals surface area contributed by atoms with E-state index >= 15 is 0 Å². The Morgan fingerprint density at radius 2 is 1.07 bits per heavy atom. The lowest BCUT2D eigenvalue weighted by Crippen LogP contribution is -2.36. The molecule has 10 aromatic rings. The van der Waals surface area contributed by atoms with Crippen LogP contribution < -0.4 is 9.80 Å². The molecule has 2 aliphatic heterocycles. The van der Waals surface area contributed by atoms with E-state index in [0.29, 0.717) is 5.92 Å². The number of benzene rings is 10. The molecule has 5 aliphatic carbocycles. The Morgan fingerprint density at radius 3 is 1.86 bits per heavy atom. The maximum atomic E-state index is 2.74. The molecule has 0 N–H and O–H groups in total. The van der Waals surface area contributed by atoms with E-state index in [2.05, 4.69) is 274 Å². The van der Waals surface area contributed by atoms with Crippen molar-refractivity contribution >= 4 is 49.9 Å². The van der Waals surface area contributed by atoms with E-state index in [1.165, 1.54) is 157 Å². The van der Waals surface area contributed by atoms with Gasteiger partial charge < -0.3 is 9.80 Å². The molecule has 0 fully saturated rings. The van der Waals surface area contributed by atoms with E-state index in [0.717, 1.165) is 44.9 Å². The smallest absolute Gasteiger partial charge is 0.0550 e. The number of allylic oxidation sites excluding steroid dienone is 8. The van der Waals surface area contributed by atoms with Crippen LogP contribution in [0.1, 0.15) is 123 Å². The third kappa shape index (κ3) is 7.84. The second-order valence-electron chi connectivity index (χ2n) is 26.7. The van der Waals surface area contributed by atoms with Gasteiger partial charge in [0.25, 0.3) is 0 Å². The topological polar surface area (TPSA) is 6.48 Å². The number of hydrogen-bond acceptors (Lipinski definition) is 2. The van der Waals surface area contributed by atoms with Crippen molar-refractivity contribution in [1.29, 1.82) is 0 Å². The molecule has 3 atom stereocenters. The molecule has 2 heterocycles. The summed E-state index contributed by atoms with van der Waals surface area (Å²) in [6, 6.07) is 76.4. The fourth-order valence-electron chi connectivity index (χ4n) is 17.1. The third-order valence-corrected chi connectivity index (χ3v) is 21.4. The first-order chi connectivity index (χ1) is 42.2. The minimum atomic E-state index is -0.135. The first-order valence-corrected chi connectivity index (χ1v) is 32.0. The monoisotopic (exact) mass is 1110 g/mol. The van der Waals surface area contributed by atoms with Gasteiger partial charge in [0.15, 0.2) is 0 Å².